The topological polar surface area (TPSA) is 38.3 Å². The molecule has 2 rings (SSSR count). The summed E-state index contributed by atoms with van der Waals surface area (Å²) in [5.41, 5.74) is 2.48. The van der Waals surface area contributed by atoms with E-state index in [1.54, 1.807) is 18.2 Å². The Hall–Kier alpha value is -1.07. The summed E-state index contributed by atoms with van der Waals surface area (Å²) in [5.74, 6) is 0.159. The number of thioether (sulfide) groups is 1. The second-order valence-corrected chi connectivity index (χ2v) is 5.72. The van der Waals surface area contributed by atoms with Gasteiger partial charge in [0.1, 0.15) is 5.82 Å². The molecule has 0 saturated heterocycles. The highest BCUT2D eigenvalue weighted by molar-refractivity contribution is 7.99. The first kappa shape index (κ1) is 14.3. The van der Waals surface area contributed by atoms with Crippen molar-refractivity contribution in [1.82, 2.24) is 5.48 Å². The van der Waals surface area contributed by atoms with Crippen LogP contribution in [-0.4, -0.2) is 17.8 Å². The lowest BCUT2D eigenvalue weighted by Crippen LogP contribution is -2.28. The van der Waals surface area contributed by atoms with Crippen LogP contribution in [0.2, 0.25) is 0 Å². The van der Waals surface area contributed by atoms with Gasteiger partial charge < -0.3 is 0 Å². The van der Waals surface area contributed by atoms with Crippen molar-refractivity contribution in [3.05, 3.63) is 30.1 Å². The molecule has 0 unspecified atom stereocenters. The van der Waals surface area contributed by atoms with Gasteiger partial charge in [-0.05, 0) is 25.0 Å². The van der Waals surface area contributed by atoms with Crippen LogP contribution in [0.25, 0.3) is 0 Å². The molecule has 0 aromatic heterocycles. The maximum absolute atomic E-state index is 13.3. The first-order valence-corrected chi connectivity index (χ1v) is 7.56. The van der Waals surface area contributed by atoms with E-state index < -0.39 is 0 Å². The van der Waals surface area contributed by atoms with Gasteiger partial charge in [-0.2, -0.15) is 0 Å². The largest absolute Gasteiger partial charge is 0.273 e. The lowest BCUT2D eigenvalue weighted by Gasteiger charge is -2.11. The fourth-order valence-electron chi connectivity index (χ4n) is 2.02. The molecule has 0 bridgehead atoms. The predicted molar refractivity (Wildman–Crippen MR) is 73.2 cm³/mol. The third-order valence-corrected chi connectivity index (χ3v) is 4.12. The van der Waals surface area contributed by atoms with Crippen LogP contribution in [0.3, 0.4) is 0 Å². The molecule has 0 spiro atoms. The Balaban J connectivity index is 1.62. The molecule has 0 heterocycles. The van der Waals surface area contributed by atoms with Crippen molar-refractivity contribution in [2.75, 3.05) is 5.75 Å². The number of nitrogens with one attached hydrogen (secondary N) is 1. The Kier molecular flexibility index (Phi) is 5.66. The minimum absolute atomic E-state index is 0.143. The standard InChI is InChI=1S/C14H18FNO2S/c15-12-7-3-4-8-13(12)19-10-9-14(17)16-18-11-5-1-2-6-11/h3-4,7-8,11H,1-2,5-6,9-10H2,(H,16,17). The molecule has 0 radical (unpaired) electrons. The van der Waals surface area contributed by atoms with E-state index in [0.29, 0.717) is 17.1 Å². The van der Waals surface area contributed by atoms with Gasteiger partial charge in [0.25, 0.3) is 0 Å². The van der Waals surface area contributed by atoms with Crippen molar-refractivity contribution in [1.29, 1.82) is 0 Å². The SMILES string of the molecule is O=C(CCSc1ccccc1F)NOC1CCCC1. The molecular weight excluding hydrogens is 265 g/mol. The van der Waals surface area contributed by atoms with Crippen molar-refractivity contribution in [2.24, 2.45) is 0 Å². The lowest BCUT2D eigenvalue weighted by atomic mass is 10.3. The van der Waals surface area contributed by atoms with Gasteiger partial charge in [0.05, 0.1) is 6.10 Å². The van der Waals surface area contributed by atoms with Crippen LogP contribution in [0.5, 0.6) is 0 Å². The minimum atomic E-state index is -0.241. The molecular formula is C14H18FNO2S. The Labute approximate surface area is 116 Å². The lowest BCUT2D eigenvalue weighted by molar-refractivity contribution is -0.137. The van der Waals surface area contributed by atoms with Gasteiger partial charge in [-0.1, -0.05) is 25.0 Å². The monoisotopic (exact) mass is 283 g/mol. The molecule has 0 atom stereocenters. The quantitative estimate of drug-likeness (QED) is 0.643. The van der Waals surface area contributed by atoms with Gasteiger partial charge >= 0.3 is 0 Å². The summed E-state index contributed by atoms with van der Waals surface area (Å²) in [6.45, 7) is 0. The van der Waals surface area contributed by atoms with E-state index in [1.807, 2.05) is 0 Å². The fraction of sp³-hybridized carbons (Fsp3) is 0.500. The first-order valence-electron chi connectivity index (χ1n) is 6.57. The van der Waals surface area contributed by atoms with E-state index in [0.717, 1.165) is 12.8 Å². The molecule has 104 valence electrons. The average molecular weight is 283 g/mol. The summed E-state index contributed by atoms with van der Waals surface area (Å²) in [5, 5.41) is 0. The first-order chi connectivity index (χ1) is 9.25. The van der Waals surface area contributed by atoms with Crippen LogP contribution < -0.4 is 5.48 Å². The Morgan fingerprint density at radius 1 is 1.37 bits per heavy atom. The van der Waals surface area contributed by atoms with Crippen molar-refractivity contribution in [3.63, 3.8) is 0 Å². The number of carbonyl (C=O) groups is 1. The van der Waals surface area contributed by atoms with Crippen molar-refractivity contribution < 1.29 is 14.0 Å². The predicted octanol–water partition coefficient (Wildman–Crippen LogP) is 3.30. The van der Waals surface area contributed by atoms with Crippen molar-refractivity contribution in [2.45, 2.75) is 43.1 Å². The maximum Gasteiger partial charge on any atom is 0.244 e. The van der Waals surface area contributed by atoms with E-state index in [4.69, 9.17) is 4.84 Å². The smallest absolute Gasteiger partial charge is 0.244 e. The summed E-state index contributed by atoms with van der Waals surface area (Å²) in [7, 11) is 0. The summed E-state index contributed by atoms with van der Waals surface area (Å²) in [4.78, 5) is 17.4. The highest BCUT2D eigenvalue weighted by Crippen LogP contribution is 2.22. The highest BCUT2D eigenvalue weighted by atomic mass is 32.2. The normalized spacial score (nSPS) is 15.6. The molecule has 5 heteroatoms. The number of hydrogen-bond donors (Lipinski definition) is 1. The molecule has 1 fully saturated rings. The van der Waals surface area contributed by atoms with Crippen LogP contribution in [0, 0.1) is 5.82 Å². The van der Waals surface area contributed by atoms with Gasteiger partial charge in [-0.15, -0.1) is 11.8 Å². The molecule has 1 aliphatic carbocycles. The third kappa shape index (κ3) is 4.84. The van der Waals surface area contributed by atoms with Crippen LogP contribution in [0.15, 0.2) is 29.2 Å². The fourth-order valence-corrected chi connectivity index (χ4v) is 2.91. The summed E-state index contributed by atoms with van der Waals surface area (Å²) >= 11 is 1.34. The van der Waals surface area contributed by atoms with E-state index >= 15 is 0 Å². The zero-order valence-corrected chi connectivity index (χ0v) is 11.5. The van der Waals surface area contributed by atoms with Crippen molar-refractivity contribution >= 4 is 17.7 Å². The molecule has 3 nitrogen and oxygen atoms in total. The summed E-state index contributed by atoms with van der Waals surface area (Å²) in [6, 6.07) is 6.58. The zero-order valence-electron chi connectivity index (χ0n) is 10.7. The molecule has 1 saturated carbocycles. The molecule has 1 aromatic rings. The zero-order chi connectivity index (χ0) is 13.5. The highest BCUT2D eigenvalue weighted by Gasteiger charge is 2.16. The van der Waals surface area contributed by atoms with Gasteiger partial charge in [0.15, 0.2) is 0 Å². The summed E-state index contributed by atoms with van der Waals surface area (Å²) in [6.07, 6.45) is 4.87. The van der Waals surface area contributed by atoms with Crippen LogP contribution in [0.4, 0.5) is 4.39 Å². The molecule has 1 aliphatic rings. The average Bonchev–Trinajstić information content (AvgIpc) is 2.92. The number of rotatable bonds is 6. The molecule has 19 heavy (non-hydrogen) atoms. The number of amides is 1. The number of halogens is 1. The maximum atomic E-state index is 13.3. The number of hydroxylamine groups is 1. The molecule has 1 amide bonds. The van der Waals surface area contributed by atoms with Gasteiger partial charge in [-0.25, -0.2) is 9.87 Å². The van der Waals surface area contributed by atoms with E-state index in [-0.39, 0.29) is 17.8 Å². The Morgan fingerprint density at radius 3 is 2.84 bits per heavy atom. The second kappa shape index (κ2) is 7.50. The van der Waals surface area contributed by atoms with Gasteiger partial charge in [0, 0.05) is 17.1 Å². The van der Waals surface area contributed by atoms with Crippen LogP contribution in [0.1, 0.15) is 32.1 Å². The van der Waals surface area contributed by atoms with Crippen LogP contribution >= 0.6 is 11.8 Å². The Morgan fingerprint density at radius 2 is 2.11 bits per heavy atom. The van der Waals surface area contributed by atoms with Crippen LogP contribution in [-0.2, 0) is 9.63 Å². The summed E-state index contributed by atoms with van der Waals surface area (Å²) < 4.78 is 13.3. The molecule has 1 N–H and O–H groups in total. The van der Waals surface area contributed by atoms with Crippen molar-refractivity contribution in [3.8, 4) is 0 Å². The Bertz CT molecular complexity index is 422. The van der Waals surface area contributed by atoms with E-state index in [1.165, 1.54) is 30.7 Å². The number of hydrogen-bond acceptors (Lipinski definition) is 3. The second-order valence-electron chi connectivity index (χ2n) is 4.58. The molecule has 1 aromatic carbocycles. The number of carbonyl (C=O) groups excluding carboxylic acids is 1. The molecule has 0 aliphatic heterocycles. The third-order valence-electron chi connectivity index (χ3n) is 3.06. The van der Waals surface area contributed by atoms with E-state index in [2.05, 4.69) is 5.48 Å². The number of benzene rings is 1. The van der Waals surface area contributed by atoms with E-state index in [9.17, 15) is 9.18 Å². The van der Waals surface area contributed by atoms with Gasteiger partial charge in [-0.3, -0.25) is 9.63 Å². The minimum Gasteiger partial charge on any atom is -0.273 e. The van der Waals surface area contributed by atoms with Gasteiger partial charge in [0.2, 0.25) is 5.91 Å².